The number of aryl methyl sites for hydroxylation is 2. The van der Waals surface area contributed by atoms with Crippen LogP contribution in [0.3, 0.4) is 0 Å². The molecule has 0 saturated heterocycles. The van der Waals surface area contributed by atoms with Gasteiger partial charge in [0, 0.05) is 17.6 Å². The number of aromatic nitrogens is 2. The average Bonchev–Trinajstić information content (AvgIpc) is 2.68. The minimum atomic E-state index is 0.895. The summed E-state index contributed by atoms with van der Waals surface area (Å²) in [5.41, 5.74) is 3.30. The van der Waals surface area contributed by atoms with Gasteiger partial charge in [-0.05, 0) is 38.1 Å². The molecule has 0 aliphatic carbocycles. The van der Waals surface area contributed by atoms with E-state index < -0.39 is 0 Å². The summed E-state index contributed by atoms with van der Waals surface area (Å²) in [6, 6.07) is 4.08. The third-order valence-corrected chi connectivity index (χ3v) is 3.74. The first-order valence-corrected chi connectivity index (χ1v) is 6.62. The SMILES string of the molecule is CCNCc1sc(-c2cc(C)ccn2)nc1C. The predicted molar refractivity (Wildman–Crippen MR) is 72.2 cm³/mol. The first kappa shape index (κ1) is 12.2. The summed E-state index contributed by atoms with van der Waals surface area (Å²) in [6.07, 6.45) is 1.84. The van der Waals surface area contributed by atoms with E-state index in [4.69, 9.17) is 0 Å². The predicted octanol–water partition coefficient (Wildman–Crippen LogP) is 2.93. The molecule has 0 spiro atoms. The highest BCUT2D eigenvalue weighted by atomic mass is 32.1. The molecule has 0 radical (unpaired) electrons. The summed E-state index contributed by atoms with van der Waals surface area (Å²) >= 11 is 1.73. The molecule has 0 amide bonds. The molecular formula is C13H17N3S. The fraction of sp³-hybridized carbons (Fsp3) is 0.385. The Labute approximate surface area is 106 Å². The van der Waals surface area contributed by atoms with Gasteiger partial charge in [-0.15, -0.1) is 11.3 Å². The normalized spacial score (nSPS) is 10.8. The van der Waals surface area contributed by atoms with E-state index in [1.807, 2.05) is 12.3 Å². The summed E-state index contributed by atoms with van der Waals surface area (Å²) in [6.45, 7) is 8.12. The van der Waals surface area contributed by atoms with Crippen molar-refractivity contribution < 1.29 is 0 Å². The number of hydrogen-bond acceptors (Lipinski definition) is 4. The fourth-order valence-electron chi connectivity index (χ4n) is 1.59. The molecule has 0 aliphatic heterocycles. The molecule has 0 aromatic carbocycles. The van der Waals surface area contributed by atoms with Crippen molar-refractivity contribution in [3.63, 3.8) is 0 Å². The van der Waals surface area contributed by atoms with E-state index in [1.165, 1.54) is 10.4 Å². The Morgan fingerprint density at radius 3 is 2.88 bits per heavy atom. The first-order valence-electron chi connectivity index (χ1n) is 5.80. The van der Waals surface area contributed by atoms with E-state index in [1.54, 1.807) is 11.3 Å². The molecule has 3 nitrogen and oxygen atoms in total. The number of nitrogens with zero attached hydrogens (tertiary/aromatic N) is 2. The molecule has 2 heterocycles. The molecule has 0 fully saturated rings. The summed E-state index contributed by atoms with van der Waals surface area (Å²) in [5, 5.41) is 4.34. The molecule has 0 atom stereocenters. The van der Waals surface area contributed by atoms with E-state index in [0.717, 1.165) is 29.5 Å². The molecule has 90 valence electrons. The Kier molecular flexibility index (Phi) is 3.86. The highest BCUT2D eigenvalue weighted by molar-refractivity contribution is 7.15. The van der Waals surface area contributed by atoms with Crippen LogP contribution in [0.1, 0.15) is 23.1 Å². The van der Waals surface area contributed by atoms with Gasteiger partial charge in [0.1, 0.15) is 5.01 Å². The second kappa shape index (κ2) is 5.38. The Balaban J connectivity index is 2.28. The van der Waals surface area contributed by atoms with Gasteiger partial charge in [-0.1, -0.05) is 6.92 Å². The van der Waals surface area contributed by atoms with E-state index in [0.29, 0.717) is 0 Å². The highest BCUT2D eigenvalue weighted by Gasteiger charge is 2.09. The van der Waals surface area contributed by atoms with Gasteiger partial charge in [0.05, 0.1) is 11.4 Å². The van der Waals surface area contributed by atoms with Gasteiger partial charge < -0.3 is 5.32 Å². The van der Waals surface area contributed by atoms with Gasteiger partial charge in [0.15, 0.2) is 0 Å². The van der Waals surface area contributed by atoms with Gasteiger partial charge in [-0.3, -0.25) is 4.98 Å². The third-order valence-electron chi connectivity index (χ3n) is 2.56. The van der Waals surface area contributed by atoms with Crippen molar-refractivity contribution >= 4 is 11.3 Å². The van der Waals surface area contributed by atoms with Crippen molar-refractivity contribution in [3.05, 3.63) is 34.5 Å². The minimum Gasteiger partial charge on any atom is -0.312 e. The number of hydrogen-bond donors (Lipinski definition) is 1. The lowest BCUT2D eigenvalue weighted by atomic mass is 10.2. The zero-order chi connectivity index (χ0) is 12.3. The number of thiazole rings is 1. The van der Waals surface area contributed by atoms with E-state index in [9.17, 15) is 0 Å². The molecule has 2 aromatic rings. The smallest absolute Gasteiger partial charge is 0.142 e. The molecule has 0 unspecified atom stereocenters. The topological polar surface area (TPSA) is 37.8 Å². The van der Waals surface area contributed by atoms with Crippen molar-refractivity contribution in [2.24, 2.45) is 0 Å². The van der Waals surface area contributed by atoms with Gasteiger partial charge in [0.2, 0.25) is 0 Å². The van der Waals surface area contributed by atoms with Crippen LogP contribution in [0.2, 0.25) is 0 Å². The third kappa shape index (κ3) is 2.90. The van der Waals surface area contributed by atoms with Crippen LogP contribution in [0.5, 0.6) is 0 Å². The molecule has 1 N–H and O–H groups in total. The van der Waals surface area contributed by atoms with Crippen molar-refractivity contribution in [1.82, 2.24) is 15.3 Å². The van der Waals surface area contributed by atoms with Crippen LogP contribution in [0, 0.1) is 13.8 Å². The maximum absolute atomic E-state index is 4.59. The number of nitrogens with one attached hydrogen (secondary N) is 1. The maximum atomic E-state index is 4.59. The van der Waals surface area contributed by atoms with Crippen LogP contribution < -0.4 is 5.32 Å². The molecule has 0 aliphatic rings. The molecular weight excluding hydrogens is 230 g/mol. The largest absolute Gasteiger partial charge is 0.312 e. The minimum absolute atomic E-state index is 0.895. The lowest BCUT2D eigenvalue weighted by molar-refractivity contribution is 0.731. The summed E-state index contributed by atoms with van der Waals surface area (Å²) in [7, 11) is 0. The zero-order valence-corrected chi connectivity index (χ0v) is 11.3. The van der Waals surface area contributed by atoms with Gasteiger partial charge >= 0.3 is 0 Å². The van der Waals surface area contributed by atoms with Crippen molar-refractivity contribution in [2.75, 3.05) is 6.54 Å². The lowest BCUT2D eigenvalue weighted by Crippen LogP contribution is -2.11. The van der Waals surface area contributed by atoms with Gasteiger partial charge in [-0.2, -0.15) is 0 Å². The van der Waals surface area contributed by atoms with E-state index >= 15 is 0 Å². The number of pyridine rings is 1. The van der Waals surface area contributed by atoms with Crippen molar-refractivity contribution in [2.45, 2.75) is 27.3 Å². The van der Waals surface area contributed by atoms with Crippen LogP contribution in [-0.4, -0.2) is 16.5 Å². The molecule has 2 aromatic heterocycles. The Bertz CT molecular complexity index is 505. The molecule has 4 heteroatoms. The van der Waals surface area contributed by atoms with E-state index in [2.05, 4.69) is 42.1 Å². The van der Waals surface area contributed by atoms with Crippen molar-refractivity contribution in [1.29, 1.82) is 0 Å². The van der Waals surface area contributed by atoms with E-state index in [-0.39, 0.29) is 0 Å². The Morgan fingerprint density at radius 2 is 2.18 bits per heavy atom. The maximum Gasteiger partial charge on any atom is 0.142 e. The molecule has 2 rings (SSSR count). The standard InChI is InChI=1S/C13H17N3S/c1-4-14-8-12-10(3)16-13(17-12)11-7-9(2)5-6-15-11/h5-7,14H,4,8H2,1-3H3. The first-order chi connectivity index (χ1) is 8.20. The second-order valence-corrected chi connectivity index (χ2v) is 5.11. The quantitative estimate of drug-likeness (QED) is 0.902. The monoisotopic (exact) mass is 247 g/mol. The Morgan fingerprint density at radius 1 is 1.35 bits per heavy atom. The zero-order valence-electron chi connectivity index (χ0n) is 10.4. The van der Waals surface area contributed by atoms with Gasteiger partial charge in [-0.25, -0.2) is 4.98 Å². The second-order valence-electron chi connectivity index (χ2n) is 4.03. The van der Waals surface area contributed by atoms with Crippen LogP contribution in [0.15, 0.2) is 18.3 Å². The van der Waals surface area contributed by atoms with Crippen LogP contribution in [0.25, 0.3) is 10.7 Å². The number of rotatable bonds is 4. The highest BCUT2D eigenvalue weighted by Crippen LogP contribution is 2.26. The summed E-state index contributed by atoms with van der Waals surface area (Å²) in [4.78, 5) is 10.3. The Hall–Kier alpha value is -1.26. The molecule has 17 heavy (non-hydrogen) atoms. The summed E-state index contributed by atoms with van der Waals surface area (Å²) in [5.74, 6) is 0. The summed E-state index contributed by atoms with van der Waals surface area (Å²) < 4.78 is 0. The van der Waals surface area contributed by atoms with Crippen LogP contribution >= 0.6 is 11.3 Å². The molecule has 0 bridgehead atoms. The van der Waals surface area contributed by atoms with Crippen molar-refractivity contribution in [3.8, 4) is 10.7 Å². The van der Waals surface area contributed by atoms with Crippen LogP contribution in [0.4, 0.5) is 0 Å². The fourth-order valence-corrected chi connectivity index (χ4v) is 2.59. The van der Waals surface area contributed by atoms with Gasteiger partial charge in [0.25, 0.3) is 0 Å². The lowest BCUT2D eigenvalue weighted by Gasteiger charge is -1.97. The van der Waals surface area contributed by atoms with Crippen LogP contribution in [-0.2, 0) is 6.54 Å². The average molecular weight is 247 g/mol. The molecule has 0 saturated carbocycles.